The fourth-order valence-electron chi connectivity index (χ4n) is 12.4. The highest BCUT2D eigenvalue weighted by molar-refractivity contribution is 7.99. The minimum absolute atomic E-state index is 0.114. The number of rotatable bonds is 5. The molecule has 5 unspecified atom stereocenters. The molecule has 2 heteroatoms. The number of nitrogens with zero attached hydrogens (tertiary/aromatic N) is 1. The summed E-state index contributed by atoms with van der Waals surface area (Å²) in [5, 5.41) is 0. The summed E-state index contributed by atoms with van der Waals surface area (Å²) < 4.78 is 0. The van der Waals surface area contributed by atoms with Gasteiger partial charge in [-0.1, -0.05) is 130 Å². The topological polar surface area (TPSA) is 3.24 Å². The maximum atomic E-state index is 2.65. The molecule has 1 spiro atoms. The fourth-order valence-corrected chi connectivity index (χ4v) is 13.6. The molecule has 0 N–H and O–H groups in total. The molecule has 0 saturated heterocycles. The van der Waals surface area contributed by atoms with Gasteiger partial charge in [-0.2, -0.15) is 0 Å². The number of hydrogen-bond acceptors (Lipinski definition) is 2. The third-order valence-corrected chi connectivity index (χ3v) is 16.1. The number of fused-ring (bicyclic) bond motifs is 3. The Morgan fingerprint density at radius 1 is 0.491 bits per heavy atom. The second-order valence-electron chi connectivity index (χ2n) is 18.8. The largest absolute Gasteiger partial charge is 0.310 e. The number of anilines is 3. The molecule has 6 aromatic rings. The Morgan fingerprint density at radius 2 is 1.09 bits per heavy atom. The first-order valence-electron chi connectivity index (χ1n) is 20.8. The quantitative estimate of drug-likeness (QED) is 0.174. The van der Waals surface area contributed by atoms with Crippen molar-refractivity contribution in [1.82, 2.24) is 0 Å². The molecule has 4 bridgehead atoms. The minimum Gasteiger partial charge on any atom is -0.310 e. The molecule has 1 heterocycles. The van der Waals surface area contributed by atoms with Gasteiger partial charge in [-0.15, -0.1) is 0 Å². The Balaban J connectivity index is 1.09. The molecule has 6 aromatic carbocycles. The van der Waals surface area contributed by atoms with E-state index in [-0.39, 0.29) is 16.2 Å². The normalized spacial score (nSPS) is 26.0. The molecular formula is C53H51NS. The van der Waals surface area contributed by atoms with Gasteiger partial charge in [0.15, 0.2) is 0 Å². The van der Waals surface area contributed by atoms with Crippen LogP contribution in [-0.2, 0) is 16.2 Å². The van der Waals surface area contributed by atoms with Gasteiger partial charge in [-0.25, -0.2) is 0 Å². The van der Waals surface area contributed by atoms with Crippen LogP contribution >= 0.6 is 11.8 Å². The molecule has 55 heavy (non-hydrogen) atoms. The molecular weight excluding hydrogens is 683 g/mol. The van der Waals surface area contributed by atoms with Crippen molar-refractivity contribution in [3.63, 3.8) is 0 Å². The summed E-state index contributed by atoms with van der Waals surface area (Å²) in [6.45, 7) is 9.78. The highest BCUT2D eigenvalue weighted by atomic mass is 32.2. The maximum absolute atomic E-state index is 2.65. The lowest BCUT2D eigenvalue weighted by Gasteiger charge is -2.49. The zero-order valence-corrected chi connectivity index (χ0v) is 33.5. The van der Waals surface area contributed by atoms with E-state index in [0.717, 1.165) is 23.7 Å². The van der Waals surface area contributed by atoms with Crippen molar-refractivity contribution < 1.29 is 0 Å². The summed E-state index contributed by atoms with van der Waals surface area (Å²) in [4.78, 5) is 5.54. The van der Waals surface area contributed by atoms with Crippen LogP contribution in [0.4, 0.5) is 17.1 Å². The van der Waals surface area contributed by atoms with Gasteiger partial charge in [0.05, 0.1) is 0 Å². The van der Waals surface area contributed by atoms with Crippen molar-refractivity contribution in [2.24, 2.45) is 23.7 Å². The Labute approximate surface area is 332 Å². The fraction of sp³-hybridized carbons (Fsp3) is 0.321. The summed E-state index contributed by atoms with van der Waals surface area (Å²) in [5.74, 6) is 3.27. The molecule has 274 valence electrons. The van der Waals surface area contributed by atoms with Gasteiger partial charge in [-0.05, 0) is 166 Å². The van der Waals surface area contributed by atoms with E-state index in [1.165, 1.54) is 98.8 Å². The summed E-state index contributed by atoms with van der Waals surface area (Å²) >= 11 is 2.01. The van der Waals surface area contributed by atoms with Crippen LogP contribution in [0, 0.1) is 23.7 Å². The SMILES string of the molecule is CC1(C)CCC(C)(C)c2cc(N(c3ccc(-c4ccccc4-c4ccccc4)cc3)c3ccc4c(c3)C3(c5ccccc5S4)C4CC5CC(C4)C3C5)ccc21. The lowest BCUT2D eigenvalue weighted by molar-refractivity contribution is 0.181. The molecule has 6 aliphatic rings. The van der Waals surface area contributed by atoms with E-state index in [1.807, 2.05) is 11.8 Å². The summed E-state index contributed by atoms with van der Waals surface area (Å²) in [7, 11) is 0. The van der Waals surface area contributed by atoms with Gasteiger partial charge in [0.1, 0.15) is 0 Å². The standard InChI is InChI=1S/C53H51NS/c1-51(2)26-27-52(3,4)47-32-40(22-24-44(47)51)54(39-20-18-36(19-21-39)43-15-9-8-14-42(43)35-12-6-5-7-13-35)41-23-25-50-48(33-41)53(45-16-10-11-17-49(45)55-50)38-29-34-28-37(31-38)46(53)30-34/h5-25,32-34,37-38,46H,26-31H2,1-4H3. The van der Waals surface area contributed by atoms with Crippen molar-refractivity contribution in [2.45, 2.75) is 92.3 Å². The van der Waals surface area contributed by atoms with Crippen molar-refractivity contribution in [2.75, 3.05) is 4.90 Å². The predicted molar refractivity (Wildman–Crippen MR) is 231 cm³/mol. The molecule has 12 rings (SSSR count). The Morgan fingerprint density at radius 3 is 1.84 bits per heavy atom. The van der Waals surface area contributed by atoms with E-state index >= 15 is 0 Å². The molecule has 0 radical (unpaired) electrons. The van der Waals surface area contributed by atoms with Gasteiger partial charge in [0, 0.05) is 32.3 Å². The van der Waals surface area contributed by atoms with E-state index in [1.54, 1.807) is 11.1 Å². The molecule has 5 atom stereocenters. The van der Waals surface area contributed by atoms with E-state index < -0.39 is 0 Å². The highest BCUT2D eigenvalue weighted by Crippen LogP contribution is 2.72. The van der Waals surface area contributed by atoms with Crippen LogP contribution in [0.2, 0.25) is 0 Å². The Bertz CT molecular complexity index is 2450. The van der Waals surface area contributed by atoms with Crippen LogP contribution in [0.15, 0.2) is 149 Å². The monoisotopic (exact) mass is 733 g/mol. The van der Waals surface area contributed by atoms with Crippen LogP contribution in [0.3, 0.4) is 0 Å². The summed E-state index contributed by atoms with van der Waals surface area (Å²) in [6.07, 6.45) is 8.05. The van der Waals surface area contributed by atoms with Gasteiger partial charge < -0.3 is 4.90 Å². The molecule has 5 aliphatic carbocycles. The Kier molecular flexibility index (Phi) is 7.51. The summed E-state index contributed by atoms with van der Waals surface area (Å²) in [5.41, 5.74) is 15.4. The van der Waals surface area contributed by atoms with Crippen molar-refractivity contribution in [3.8, 4) is 22.3 Å². The molecule has 1 aliphatic heterocycles. The minimum atomic E-state index is 0.114. The van der Waals surface area contributed by atoms with Crippen LogP contribution in [-0.4, -0.2) is 0 Å². The molecule has 0 aromatic heterocycles. The van der Waals surface area contributed by atoms with Crippen LogP contribution in [0.1, 0.15) is 88.5 Å². The van der Waals surface area contributed by atoms with E-state index in [2.05, 4.69) is 172 Å². The van der Waals surface area contributed by atoms with Crippen molar-refractivity contribution in [3.05, 3.63) is 162 Å². The van der Waals surface area contributed by atoms with Crippen molar-refractivity contribution in [1.29, 1.82) is 0 Å². The maximum Gasteiger partial charge on any atom is 0.0465 e. The lowest BCUT2D eigenvalue weighted by atomic mass is 9.57. The first kappa shape index (κ1) is 33.8. The first-order valence-corrected chi connectivity index (χ1v) is 21.6. The molecule has 1 nitrogen and oxygen atoms in total. The average molecular weight is 734 g/mol. The highest BCUT2D eigenvalue weighted by Gasteiger charge is 2.65. The number of hydrogen-bond donors (Lipinski definition) is 0. The first-order chi connectivity index (χ1) is 26.7. The molecule has 4 fully saturated rings. The second kappa shape index (κ2) is 12.2. The second-order valence-corrected chi connectivity index (χ2v) is 19.9. The number of benzene rings is 6. The lowest BCUT2D eigenvalue weighted by Crippen LogP contribution is -2.44. The van der Waals surface area contributed by atoms with E-state index in [4.69, 9.17) is 0 Å². The van der Waals surface area contributed by atoms with Gasteiger partial charge in [-0.3, -0.25) is 0 Å². The van der Waals surface area contributed by atoms with E-state index in [0.29, 0.717) is 0 Å². The zero-order chi connectivity index (χ0) is 37.1. The third-order valence-electron chi connectivity index (χ3n) is 15.0. The predicted octanol–water partition coefficient (Wildman–Crippen LogP) is 14.7. The van der Waals surface area contributed by atoms with E-state index in [9.17, 15) is 0 Å². The zero-order valence-electron chi connectivity index (χ0n) is 32.7. The van der Waals surface area contributed by atoms with Crippen LogP contribution in [0.5, 0.6) is 0 Å². The van der Waals surface area contributed by atoms with Gasteiger partial charge in [0.25, 0.3) is 0 Å². The van der Waals surface area contributed by atoms with Gasteiger partial charge >= 0.3 is 0 Å². The summed E-state index contributed by atoms with van der Waals surface area (Å²) in [6, 6.07) is 53.5. The smallest absolute Gasteiger partial charge is 0.0465 e. The third kappa shape index (κ3) is 5.06. The van der Waals surface area contributed by atoms with Crippen LogP contribution < -0.4 is 4.90 Å². The molecule has 0 amide bonds. The average Bonchev–Trinajstić information content (AvgIpc) is 3.62. The van der Waals surface area contributed by atoms with Crippen LogP contribution in [0.25, 0.3) is 22.3 Å². The van der Waals surface area contributed by atoms with Gasteiger partial charge in [0.2, 0.25) is 0 Å². The van der Waals surface area contributed by atoms with Crippen molar-refractivity contribution >= 4 is 28.8 Å². The Hall–Kier alpha value is -4.53. The molecule has 4 saturated carbocycles.